The largest absolute Gasteiger partial charge is 0.481 e. The van der Waals surface area contributed by atoms with Crippen molar-refractivity contribution in [1.29, 1.82) is 0 Å². The Morgan fingerprint density at radius 3 is 2.56 bits per heavy atom. The Morgan fingerprint density at radius 2 is 2.00 bits per heavy atom. The van der Waals surface area contributed by atoms with Gasteiger partial charge in [-0.05, 0) is 31.2 Å². The average molecular weight is 265 g/mol. The molecule has 0 bridgehead atoms. The van der Waals surface area contributed by atoms with Gasteiger partial charge in [0.15, 0.2) is 0 Å². The number of hydrogen-bond donors (Lipinski definition) is 1. The molecule has 0 spiro atoms. The van der Waals surface area contributed by atoms with E-state index in [1.165, 1.54) is 0 Å². The Hall–Kier alpha value is -1.81. The lowest BCUT2D eigenvalue weighted by Gasteiger charge is -2.04. The fraction of sp³-hybridized carbons (Fsp3) is 0.231. The lowest BCUT2D eigenvalue weighted by Crippen LogP contribution is -2.07. The van der Waals surface area contributed by atoms with Crippen LogP contribution in [0.3, 0.4) is 0 Å². The van der Waals surface area contributed by atoms with Gasteiger partial charge in [0.1, 0.15) is 5.82 Å². The number of nitrogens with zero attached hydrogens (tertiary/aromatic N) is 2. The molecule has 18 heavy (non-hydrogen) atoms. The number of aromatic nitrogens is 2. The molecule has 1 aromatic heterocycles. The molecule has 0 radical (unpaired) electrons. The first-order chi connectivity index (χ1) is 8.49. The van der Waals surface area contributed by atoms with Crippen LogP contribution in [0.5, 0.6) is 0 Å². The van der Waals surface area contributed by atoms with Gasteiger partial charge >= 0.3 is 5.97 Å². The van der Waals surface area contributed by atoms with Crippen LogP contribution < -0.4 is 0 Å². The topological polar surface area (TPSA) is 55.1 Å². The Morgan fingerprint density at radius 1 is 1.39 bits per heavy atom. The molecule has 0 amide bonds. The summed E-state index contributed by atoms with van der Waals surface area (Å²) in [6.07, 6.45) is -0.0249. The van der Waals surface area contributed by atoms with E-state index in [9.17, 15) is 4.79 Å². The van der Waals surface area contributed by atoms with Crippen LogP contribution in [0.15, 0.2) is 24.3 Å². The number of carboxylic acids is 1. The predicted molar refractivity (Wildman–Crippen MR) is 69.7 cm³/mol. The van der Waals surface area contributed by atoms with Crippen molar-refractivity contribution in [3.05, 3.63) is 40.7 Å². The molecule has 0 saturated heterocycles. The zero-order valence-electron chi connectivity index (χ0n) is 10.1. The molecular weight excluding hydrogens is 252 g/mol. The number of hydrogen-bond acceptors (Lipinski definition) is 2. The number of aryl methyl sites for hydroxylation is 1. The summed E-state index contributed by atoms with van der Waals surface area (Å²) >= 11 is 5.84. The second-order valence-corrected chi connectivity index (χ2v) is 4.54. The maximum atomic E-state index is 10.8. The molecule has 0 saturated carbocycles. The van der Waals surface area contributed by atoms with Crippen molar-refractivity contribution >= 4 is 17.6 Å². The molecule has 0 fully saturated rings. The highest BCUT2D eigenvalue weighted by atomic mass is 35.5. The van der Waals surface area contributed by atoms with Crippen molar-refractivity contribution in [2.45, 2.75) is 13.3 Å². The van der Waals surface area contributed by atoms with Crippen LogP contribution in [0.25, 0.3) is 11.4 Å². The molecule has 0 unspecified atom stereocenters. The molecule has 0 aliphatic rings. The monoisotopic (exact) mass is 264 g/mol. The molecule has 1 aromatic carbocycles. The van der Waals surface area contributed by atoms with Gasteiger partial charge in [-0.3, -0.25) is 4.79 Å². The van der Waals surface area contributed by atoms with Gasteiger partial charge in [0.25, 0.3) is 0 Å². The van der Waals surface area contributed by atoms with E-state index >= 15 is 0 Å². The third-order valence-electron chi connectivity index (χ3n) is 2.83. The lowest BCUT2D eigenvalue weighted by molar-refractivity contribution is -0.136. The predicted octanol–water partition coefficient (Wildman–Crippen LogP) is 2.68. The number of rotatable bonds is 3. The molecule has 0 atom stereocenters. The maximum absolute atomic E-state index is 10.8. The van der Waals surface area contributed by atoms with Crippen molar-refractivity contribution in [2.75, 3.05) is 0 Å². The smallest absolute Gasteiger partial charge is 0.309 e. The third kappa shape index (κ3) is 2.38. The first-order valence-electron chi connectivity index (χ1n) is 5.49. The zero-order chi connectivity index (χ0) is 13.3. The van der Waals surface area contributed by atoms with Crippen LogP contribution in [0.1, 0.15) is 11.4 Å². The normalized spacial score (nSPS) is 10.6. The van der Waals surface area contributed by atoms with E-state index in [4.69, 9.17) is 16.7 Å². The number of benzene rings is 1. The molecule has 0 aliphatic carbocycles. The summed E-state index contributed by atoms with van der Waals surface area (Å²) in [6, 6.07) is 7.32. The molecule has 0 aliphatic heterocycles. The SMILES string of the molecule is Cc1nc(-c2ccc(Cl)cc2)n(C)c1CC(=O)O. The molecule has 1 heterocycles. The minimum atomic E-state index is -0.858. The van der Waals surface area contributed by atoms with Crippen molar-refractivity contribution in [1.82, 2.24) is 9.55 Å². The van der Waals surface area contributed by atoms with E-state index in [-0.39, 0.29) is 6.42 Å². The number of imidazole rings is 1. The van der Waals surface area contributed by atoms with Crippen LogP contribution >= 0.6 is 11.6 Å². The van der Waals surface area contributed by atoms with Crippen LogP contribution in [-0.2, 0) is 18.3 Å². The molecule has 94 valence electrons. The summed E-state index contributed by atoms with van der Waals surface area (Å²) < 4.78 is 1.81. The van der Waals surface area contributed by atoms with E-state index in [0.29, 0.717) is 10.7 Å². The highest BCUT2D eigenvalue weighted by Crippen LogP contribution is 2.23. The van der Waals surface area contributed by atoms with Crippen molar-refractivity contribution < 1.29 is 9.90 Å². The Labute approximate surface area is 110 Å². The highest BCUT2D eigenvalue weighted by molar-refractivity contribution is 6.30. The summed E-state index contributed by atoms with van der Waals surface area (Å²) in [6.45, 7) is 1.82. The second kappa shape index (κ2) is 4.82. The van der Waals surface area contributed by atoms with Gasteiger partial charge in [0.2, 0.25) is 0 Å². The van der Waals surface area contributed by atoms with Crippen molar-refractivity contribution in [3.8, 4) is 11.4 Å². The molecule has 4 nitrogen and oxygen atoms in total. The number of halogens is 1. The molecule has 5 heteroatoms. The van der Waals surface area contributed by atoms with Crippen LogP contribution in [0.2, 0.25) is 5.02 Å². The van der Waals surface area contributed by atoms with E-state index in [2.05, 4.69) is 4.98 Å². The summed E-state index contributed by atoms with van der Waals surface area (Å²) in [7, 11) is 1.82. The first-order valence-corrected chi connectivity index (χ1v) is 5.86. The van der Waals surface area contributed by atoms with Gasteiger partial charge in [-0.2, -0.15) is 0 Å². The summed E-state index contributed by atoms with van der Waals surface area (Å²) in [5.41, 5.74) is 2.37. The maximum Gasteiger partial charge on any atom is 0.309 e. The summed E-state index contributed by atoms with van der Waals surface area (Å²) in [5, 5.41) is 9.54. The van der Waals surface area contributed by atoms with Crippen molar-refractivity contribution in [3.63, 3.8) is 0 Å². The number of aliphatic carboxylic acids is 1. The third-order valence-corrected chi connectivity index (χ3v) is 3.09. The molecule has 2 rings (SSSR count). The quantitative estimate of drug-likeness (QED) is 0.927. The van der Waals surface area contributed by atoms with Gasteiger partial charge in [-0.25, -0.2) is 4.98 Å². The van der Waals surface area contributed by atoms with E-state index in [1.54, 1.807) is 12.1 Å². The first kappa shape index (κ1) is 12.6. The zero-order valence-corrected chi connectivity index (χ0v) is 10.9. The highest BCUT2D eigenvalue weighted by Gasteiger charge is 2.15. The fourth-order valence-corrected chi connectivity index (χ4v) is 2.04. The number of carbonyl (C=O) groups is 1. The van der Waals surface area contributed by atoms with Crippen LogP contribution in [0, 0.1) is 6.92 Å². The summed E-state index contributed by atoms with van der Waals surface area (Å²) in [4.78, 5) is 15.2. The van der Waals surface area contributed by atoms with E-state index < -0.39 is 5.97 Å². The van der Waals surface area contributed by atoms with E-state index in [0.717, 1.165) is 17.1 Å². The minimum absolute atomic E-state index is 0.0249. The Kier molecular flexibility index (Phi) is 3.39. The molecule has 1 N–H and O–H groups in total. The van der Waals surface area contributed by atoms with Gasteiger partial charge < -0.3 is 9.67 Å². The van der Waals surface area contributed by atoms with Crippen molar-refractivity contribution in [2.24, 2.45) is 7.05 Å². The van der Waals surface area contributed by atoms with Crippen LogP contribution in [-0.4, -0.2) is 20.6 Å². The Bertz CT molecular complexity index is 588. The molecule has 2 aromatic rings. The lowest BCUT2D eigenvalue weighted by atomic mass is 10.2. The summed E-state index contributed by atoms with van der Waals surface area (Å²) in [5.74, 6) is -0.107. The second-order valence-electron chi connectivity index (χ2n) is 4.10. The number of carboxylic acid groups (broad SMARTS) is 1. The van der Waals surface area contributed by atoms with Gasteiger partial charge in [0.05, 0.1) is 17.8 Å². The van der Waals surface area contributed by atoms with Gasteiger partial charge in [-0.1, -0.05) is 11.6 Å². The van der Waals surface area contributed by atoms with Gasteiger partial charge in [-0.15, -0.1) is 0 Å². The fourth-order valence-electron chi connectivity index (χ4n) is 1.92. The van der Waals surface area contributed by atoms with Crippen LogP contribution in [0.4, 0.5) is 0 Å². The van der Waals surface area contributed by atoms with Gasteiger partial charge in [0, 0.05) is 17.6 Å². The Balaban J connectivity index is 2.46. The standard InChI is InChI=1S/C13H13ClN2O2/c1-8-11(7-12(17)18)16(2)13(15-8)9-3-5-10(14)6-4-9/h3-6H,7H2,1-2H3,(H,17,18). The minimum Gasteiger partial charge on any atom is -0.481 e. The van der Waals surface area contributed by atoms with E-state index in [1.807, 2.05) is 30.7 Å². The average Bonchev–Trinajstić information content (AvgIpc) is 2.58. The molecular formula is C13H13ClN2O2.